The van der Waals surface area contributed by atoms with Gasteiger partial charge >= 0.3 is 0 Å². The highest BCUT2D eigenvalue weighted by molar-refractivity contribution is 9.14. The second-order valence-electron chi connectivity index (χ2n) is 2.50. The summed E-state index contributed by atoms with van der Waals surface area (Å²) >= 11 is 13.9. The van der Waals surface area contributed by atoms with Crippen molar-refractivity contribution >= 4 is 77.0 Å². The van der Waals surface area contributed by atoms with E-state index in [2.05, 4.69) is 70.6 Å². The van der Waals surface area contributed by atoms with Crippen LogP contribution >= 0.6 is 63.7 Å². The molecule has 0 spiro atoms. The largest absolute Gasteiger partial charge is 0.117 e. The average Bonchev–Trinajstić information content (AvgIpc) is 2.13. The maximum Gasteiger partial charge on any atom is 0.117 e. The minimum Gasteiger partial charge on any atom is -0.0673 e. The van der Waals surface area contributed by atoms with Crippen LogP contribution in [0, 0.1) is 0 Å². The molecule has 1 aromatic carbocycles. The molecule has 0 aliphatic heterocycles. The van der Waals surface area contributed by atoms with E-state index in [0.29, 0.717) is 0 Å². The average molecular weight is 432 g/mol. The fourth-order valence-corrected chi connectivity index (χ4v) is 4.01. The Morgan fingerprint density at radius 1 is 0.923 bits per heavy atom. The lowest BCUT2D eigenvalue weighted by atomic mass is 9.94. The number of hydrogen-bond donors (Lipinski definition) is 0. The molecule has 0 fully saturated rings. The Labute approximate surface area is 113 Å². The summed E-state index contributed by atoms with van der Waals surface area (Å²) < 4.78 is 3.84. The number of halogens is 4. The lowest BCUT2D eigenvalue weighted by Gasteiger charge is -2.13. The summed E-state index contributed by atoms with van der Waals surface area (Å²) in [6, 6.07) is 0. The molecule has 5 heteroatoms. The Balaban J connectivity index is 3.56. The predicted octanol–water partition coefficient (Wildman–Crippen LogP) is 4.09. The van der Waals surface area contributed by atoms with Gasteiger partial charge in [-0.3, -0.25) is 0 Å². The van der Waals surface area contributed by atoms with Crippen molar-refractivity contribution in [3.8, 4) is 0 Å². The standard InChI is InChI=1S/C8H5BBr4/c1-2-3-5(10)4(9)7(12)8(13)6(3)11/h2H2,1H3. The first kappa shape index (κ1) is 12.3. The van der Waals surface area contributed by atoms with Crippen molar-refractivity contribution in [2.45, 2.75) is 13.3 Å². The van der Waals surface area contributed by atoms with E-state index in [1.807, 2.05) is 0 Å². The molecule has 2 radical (unpaired) electrons. The first-order chi connectivity index (χ1) is 6.00. The van der Waals surface area contributed by atoms with Crippen LogP contribution in [0.3, 0.4) is 0 Å². The summed E-state index contributed by atoms with van der Waals surface area (Å²) in [6.45, 7) is 2.09. The molecule has 0 amide bonds. The fraction of sp³-hybridized carbons (Fsp3) is 0.250. The second kappa shape index (κ2) is 4.82. The molecule has 0 atom stereocenters. The molecular formula is C8H5BBr4. The van der Waals surface area contributed by atoms with Gasteiger partial charge in [0.25, 0.3) is 0 Å². The normalized spacial score (nSPS) is 10.5. The van der Waals surface area contributed by atoms with Gasteiger partial charge in [0.15, 0.2) is 0 Å². The lowest BCUT2D eigenvalue weighted by molar-refractivity contribution is 1.11. The highest BCUT2D eigenvalue weighted by Gasteiger charge is 2.14. The van der Waals surface area contributed by atoms with Crippen LogP contribution in [-0.4, -0.2) is 7.85 Å². The van der Waals surface area contributed by atoms with E-state index in [4.69, 9.17) is 7.85 Å². The number of hydrogen-bond acceptors (Lipinski definition) is 0. The molecule has 0 saturated carbocycles. The molecule has 1 aromatic rings. The van der Waals surface area contributed by atoms with Gasteiger partial charge in [0.1, 0.15) is 7.85 Å². The SMILES string of the molecule is [B]c1c(Br)c(Br)c(Br)c(CC)c1Br. The van der Waals surface area contributed by atoms with Gasteiger partial charge < -0.3 is 0 Å². The van der Waals surface area contributed by atoms with E-state index in [9.17, 15) is 0 Å². The molecule has 0 aromatic heterocycles. The molecule has 13 heavy (non-hydrogen) atoms. The van der Waals surface area contributed by atoms with E-state index in [0.717, 1.165) is 29.8 Å². The Kier molecular flexibility index (Phi) is 4.55. The molecule has 0 nitrogen and oxygen atoms in total. The van der Waals surface area contributed by atoms with Gasteiger partial charge in [-0.05, 0) is 43.8 Å². The minimum absolute atomic E-state index is 0.729. The van der Waals surface area contributed by atoms with Crippen LogP contribution in [-0.2, 0) is 6.42 Å². The molecule has 1 rings (SSSR count). The smallest absolute Gasteiger partial charge is 0.0673 e. The third-order valence-electron chi connectivity index (χ3n) is 1.74. The zero-order valence-corrected chi connectivity index (χ0v) is 13.1. The highest BCUT2D eigenvalue weighted by atomic mass is 79.9. The van der Waals surface area contributed by atoms with Crippen molar-refractivity contribution in [2.75, 3.05) is 0 Å². The van der Waals surface area contributed by atoms with Gasteiger partial charge in [-0.15, -0.1) is 0 Å². The summed E-state index contributed by atoms with van der Waals surface area (Å²) in [5.74, 6) is 0. The molecule has 0 heterocycles. The molecule has 0 bridgehead atoms. The van der Waals surface area contributed by atoms with Crippen molar-refractivity contribution in [1.29, 1.82) is 0 Å². The molecular weight excluding hydrogens is 427 g/mol. The van der Waals surface area contributed by atoms with Crippen LogP contribution in [0.25, 0.3) is 0 Å². The molecule has 0 N–H and O–H groups in total. The van der Waals surface area contributed by atoms with Crippen LogP contribution in [0.5, 0.6) is 0 Å². The van der Waals surface area contributed by atoms with Crippen LogP contribution in [0.2, 0.25) is 0 Å². The van der Waals surface area contributed by atoms with E-state index >= 15 is 0 Å². The van der Waals surface area contributed by atoms with Gasteiger partial charge in [-0.2, -0.15) is 0 Å². The Morgan fingerprint density at radius 3 is 1.92 bits per heavy atom. The van der Waals surface area contributed by atoms with Crippen LogP contribution in [0.1, 0.15) is 12.5 Å². The summed E-state index contributed by atoms with van der Waals surface area (Å²) in [7, 11) is 5.88. The molecule has 68 valence electrons. The van der Waals surface area contributed by atoms with Crippen molar-refractivity contribution in [2.24, 2.45) is 0 Å². The van der Waals surface area contributed by atoms with Gasteiger partial charge in [0.2, 0.25) is 0 Å². The van der Waals surface area contributed by atoms with E-state index in [1.165, 1.54) is 5.56 Å². The van der Waals surface area contributed by atoms with E-state index < -0.39 is 0 Å². The second-order valence-corrected chi connectivity index (χ2v) is 5.67. The summed E-state index contributed by atoms with van der Waals surface area (Å²) in [4.78, 5) is 0. The van der Waals surface area contributed by atoms with Crippen LogP contribution in [0.4, 0.5) is 0 Å². The van der Waals surface area contributed by atoms with E-state index in [1.54, 1.807) is 0 Å². The van der Waals surface area contributed by atoms with Gasteiger partial charge in [-0.25, -0.2) is 0 Å². The quantitative estimate of drug-likeness (QED) is 0.357. The fourth-order valence-electron chi connectivity index (χ4n) is 1.01. The number of benzene rings is 1. The monoisotopic (exact) mass is 428 g/mol. The van der Waals surface area contributed by atoms with Gasteiger partial charge in [0, 0.05) is 17.9 Å². The Morgan fingerprint density at radius 2 is 1.46 bits per heavy atom. The maximum absolute atomic E-state index is 5.88. The molecule has 0 aliphatic carbocycles. The first-order valence-corrected chi connectivity index (χ1v) is 6.78. The summed E-state index contributed by atoms with van der Waals surface area (Å²) in [6.07, 6.45) is 0.928. The zero-order valence-electron chi connectivity index (χ0n) is 6.80. The first-order valence-electron chi connectivity index (χ1n) is 3.61. The van der Waals surface area contributed by atoms with Crippen LogP contribution in [0.15, 0.2) is 17.9 Å². The van der Waals surface area contributed by atoms with E-state index in [-0.39, 0.29) is 0 Å². The third kappa shape index (κ3) is 2.24. The van der Waals surface area contributed by atoms with Crippen molar-refractivity contribution in [1.82, 2.24) is 0 Å². The van der Waals surface area contributed by atoms with Gasteiger partial charge in [0.05, 0.1) is 0 Å². The maximum atomic E-state index is 5.88. The number of rotatable bonds is 1. The molecule has 0 unspecified atom stereocenters. The van der Waals surface area contributed by atoms with Crippen molar-refractivity contribution in [3.05, 3.63) is 23.5 Å². The predicted molar refractivity (Wildman–Crippen MR) is 72.0 cm³/mol. The topological polar surface area (TPSA) is 0 Å². The summed E-state index contributed by atoms with van der Waals surface area (Å²) in [5.41, 5.74) is 1.90. The highest BCUT2D eigenvalue weighted by Crippen LogP contribution is 2.36. The van der Waals surface area contributed by atoms with Crippen LogP contribution < -0.4 is 5.46 Å². The Hall–Kier alpha value is 1.20. The lowest BCUT2D eigenvalue weighted by Crippen LogP contribution is -2.11. The molecule has 0 saturated heterocycles. The van der Waals surface area contributed by atoms with Gasteiger partial charge in [-0.1, -0.05) is 44.2 Å². The van der Waals surface area contributed by atoms with Crippen molar-refractivity contribution < 1.29 is 0 Å². The zero-order chi connectivity index (χ0) is 10.2. The Bertz CT molecular complexity index is 319. The third-order valence-corrected chi connectivity index (χ3v) is 6.20. The summed E-state index contributed by atoms with van der Waals surface area (Å²) in [5, 5.41) is 0. The van der Waals surface area contributed by atoms with Crippen molar-refractivity contribution in [3.63, 3.8) is 0 Å². The minimum atomic E-state index is 0.729. The molecule has 0 aliphatic rings.